The van der Waals surface area contributed by atoms with Crippen LogP contribution in [0.3, 0.4) is 0 Å². The van der Waals surface area contributed by atoms with Crippen molar-refractivity contribution in [3.05, 3.63) is 28.8 Å². The molecular weight excluding hydrogens is 347 g/mol. The Labute approximate surface area is 153 Å². The first kappa shape index (κ1) is 18.9. The Morgan fingerprint density at radius 1 is 1.24 bits per heavy atom. The van der Waals surface area contributed by atoms with Gasteiger partial charge in [-0.1, -0.05) is 17.7 Å². The van der Waals surface area contributed by atoms with Gasteiger partial charge in [0.15, 0.2) is 0 Å². The van der Waals surface area contributed by atoms with Gasteiger partial charge >= 0.3 is 0 Å². The standard InChI is InChI=1S/C18H26ClFN2O3/c19-16-11-15(12-22-4-3-18(20,13-22)14-23)1-2-17(16)25-10-7-21-5-8-24-9-6-21/h1-2,11,23H,3-10,12-14H2. The molecule has 0 spiro atoms. The number of benzene rings is 1. The number of morpholine rings is 1. The van der Waals surface area contributed by atoms with Gasteiger partial charge < -0.3 is 14.6 Å². The first-order valence-corrected chi connectivity index (χ1v) is 9.19. The van der Waals surface area contributed by atoms with Gasteiger partial charge in [0.25, 0.3) is 0 Å². The molecule has 0 bridgehead atoms. The van der Waals surface area contributed by atoms with Gasteiger partial charge in [0.2, 0.25) is 0 Å². The Kier molecular flexibility index (Phi) is 6.52. The third-order valence-corrected chi connectivity index (χ3v) is 5.13. The van der Waals surface area contributed by atoms with Crippen molar-refractivity contribution in [1.82, 2.24) is 9.80 Å². The third kappa shape index (κ3) is 5.28. The van der Waals surface area contributed by atoms with Gasteiger partial charge in [-0.15, -0.1) is 0 Å². The molecule has 25 heavy (non-hydrogen) atoms. The fourth-order valence-electron chi connectivity index (χ4n) is 3.31. The maximum atomic E-state index is 14.1. The Morgan fingerprint density at radius 2 is 2.04 bits per heavy atom. The van der Waals surface area contributed by atoms with Crippen molar-refractivity contribution in [3.63, 3.8) is 0 Å². The zero-order valence-corrected chi connectivity index (χ0v) is 15.2. The number of likely N-dealkylation sites (tertiary alicyclic amines) is 1. The van der Waals surface area contributed by atoms with Crippen molar-refractivity contribution in [2.24, 2.45) is 0 Å². The first-order chi connectivity index (χ1) is 12.1. The van der Waals surface area contributed by atoms with E-state index in [4.69, 9.17) is 26.2 Å². The average Bonchev–Trinajstić information content (AvgIpc) is 2.99. The molecule has 0 aliphatic carbocycles. The minimum absolute atomic E-state index is 0.263. The predicted molar refractivity (Wildman–Crippen MR) is 95.0 cm³/mol. The van der Waals surface area contributed by atoms with E-state index < -0.39 is 12.3 Å². The summed E-state index contributed by atoms with van der Waals surface area (Å²) in [6.45, 7) is 6.00. The van der Waals surface area contributed by atoms with Gasteiger partial charge in [0.05, 0.1) is 24.8 Å². The van der Waals surface area contributed by atoms with Crippen LogP contribution in [0.4, 0.5) is 4.39 Å². The van der Waals surface area contributed by atoms with E-state index in [2.05, 4.69) is 4.90 Å². The number of nitrogens with zero attached hydrogens (tertiary/aromatic N) is 2. The first-order valence-electron chi connectivity index (χ1n) is 8.81. The zero-order valence-electron chi connectivity index (χ0n) is 14.4. The number of alkyl halides is 1. The number of ether oxygens (including phenoxy) is 2. The lowest BCUT2D eigenvalue weighted by Gasteiger charge is -2.26. The number of aliphatic hydroxyl groups is 1. The Hall–Kier alpha value is -0.920. The molecule has 3 rings (SSSR count). The van der Waals surface area contributed by atoms with Gasteiger partial charge in [-0.25, -0.2) is 4.39 Å². The lowest BCUT2D eigenvalue weighted by molar-refractivity contribution is 0.0322. The van der Waals surface area contributed by atoms with Crippen LogP contribution in [0, 0.1) is 0 Å². The molecule has 1 atom stereocenters. The van der Waals surface area contributed by atoms with Crippen LogP contribution in [0.25, 0.3) is 0 Å². The smallest absolute Gasteiger partial charge is 0.147 e. The molecule has 1 N–H and O–H groups in total. The molecule has 1 unspecified atom stereocenters. The van der Waals surface area contributed by atoms with Crippen LogP contribution < -0.4 is 4.74 Å². The van der Waals surface area contributed by atoms with Crippen molar-refractivity contribution in [2.45, 2.75) is 18.6 Å². The summed E-state index contributed by atoms with van der Waals surface area (Å²) >= 11 is 6.33. The molecule has 2 fully saturated rings. The van der Waals surface area contributed by atoms with E-state index in [1.165, 1.54) is 0 Å². The lowest BCUT2D eigenvalue weighted by Crippen LogP contribution is -2.38. The maximum Gasteiger partial charge on any atom is 0.147 e. The monoisotopic (exact) mass is 372 g/mol. The molecule has 1 aromatic rings. The summed E-state index contributed by atoms with van der Waals surface area (Å²) in [5, 5.41) is 9.69. The average molecular weight is 373 g/mol. The van der Waals surface area contributed by atoms with E-state index in [9.17, 15) is 4.39 Å². The molecule has 140 valence electrons. The Bertz CT molecular complexity index is 571. The highest BCUT2D eigenvalue weighted by atomic mass is 35.5. The number of rotatable bonds is 7. The molecule has 7 heteroatoms. The second-order valence-corrected chi connectivity index (χ2v) is 7.24. The van der Waals surface area contributed by atoms with E-state index in [0.717, 1.165) is 38.4 Å². The number of halogens is 2. The van der Waals surface area contributed by atoms with Crippen LogP contribution in [0.5, 0.6) is 5.75 Å². The molecule has 2 heterocycles. The SMILES string of the molecule is OCC1(F)CCN(Cc2ccc(OCCN3CCOCC3)c(Cl)c2)C1. The summed E-state index contributed by atoms with van der Waals surface area (Å²) in [5.41, 5.74) is -0.445. The van der Waals surface area contributed by atoms with E-state index in [1.807, 2.05) is 23.1 Å². The van der Waals surface area contributed by atoms with E-state index in [-0.39, 0.29) is 6.54 Å². The number of hydrogen-bond acceptors (Lipinski definition) is 5. The fourth-order valence-corrected chi connectivity index (χ4v) is 3.57. The van der Waals surface area contributed by atoms with Crippen molar-refractivity contribution < 1.29 is 19.0 Å². The molecular formula is C18H26ClFN2O3. The molecule has 2 saturated heterocycles. The molecule has 2 aliphatic rings. The van der Waals surface area contributed by atoms with Crippen molar-refractivity contribution in [3.8, 4) is 5.75 Å². The minimum atomic E-state index is -1.47. The molecule has 0 aromatic heterocycles. The normalized spacial score (nSPS) is 25.4. The molecule has 0 amide bonds. The Balaban J connectivity index is 1.47. The zero-order chi connectivity index (χ0) is 17.7. The summed E-state index contributed by atoms with van der Waals surface area (Å²) in [5.74, 6) is 0.676. The predicted octanol–water partition coefficient (Wildman–Crippen LogP) is 1.96. The van der Waals surface area contributed by atoms with Gasteiger partial charge in [-0.05, 0) is 24.1 Å². The van der Waals surface area contributed by atoms with Gasteiger partial charge in [0.1, 0.15) is 18.0 Å². The largest absolute Gasteiger partial charge is 0.491 e. The van der Waals surface area contributed by atoms with Crippen molar-refractivity contribution >= 4 is 11.6 Å². The van der Waals surface area contributed by atoms with Crippen molar-refractivity contribution in [1.29, 1.82) is 0 Å². The maximum absolute atomic E-state index is 14.1. The van der Waals surface area contributed by atoms with Crippen LogP contribution in [0.2, 0.25) is 5.02 Å². The summed E-state index contributed by atoms with van der Waals surface area (Å²) in [6, 6.07) is 5.72. The van der Waals surface area contributed by atoms with Crippen LogP contribution >= 0.6 is 11.6 Å². The molecule has 5 nitrogen and oxygen atoms in total. The third-order valence-electron chi connectivity index (χ3n) is 4.84. The van der Waals surface area contributed by atoms with E-state index in [0.29, 0.717) is 36.9 Å². The van der Waals surface area contributed by atoms with Crippen molar-refractivity contribution in [2.75, 3.05) is 59.2 Å². The molecule has 2 aliphatic heterocycles. The van der Waals surface area contributed by atoms with Crippen LogP contribution in [-0.4, -0.2) is 79.7 Å². The summed E-state index contributed by atoms with van der Waals surface area (Å²) < 4.78 is 25.2. The fraction of sp³-hybridized carbons (Fsp3) is 0.667. The number of hydrogen-bond donors (Lipinski definition) is 1. The van der Waals surface area contributed by atoms with Gasteiger partial charge in [-0.3, -0.25) is 9.80 Å². The highest BCUT2D eigenvalue weighted by Crippen LogP contribution is 2.29. The van der Waals surface area contributed by atoms with Crippen LogP contribution in [0.15, 0.2) is 18.2 Å². The summed E-state index contributed by atoms with van der Waals surface area (Å²) in [6.07, 6.45) is 0.375. The number of aliphatic hydroxyl groups excluding tert-OH is 1. The van der Waals surface area contributed by atoms with E-state index in [1.54, 1.807) is 0 Å². The van der Waals surface area contributed by atoms with Crippen LogP contribution in [-0.2, 0) is 11.3 Å². The summed E-state index contributed by atoms with van der Waals surface area (Å²) in [4.78, 5) is 4.31. The van der Waals surface area contributed by atoms with Gasteiger partial charge in [-0.2, -0.15) is 0 Å². The lowest BCUT2D eigenvalue weighted by atomic mass is 10.1. The highest BCUT2D eigenvalue weighted by molar-refractivity contribution is 6.32. The molecule has 1 aromatic carbocycles. The minimum Gasteiger partial charge on any atom is -0.491 e. The quantitative estimate of drug-likeness (QED) is 0.792. The molecule has 0 saturated carbocycles. The topological polar surface area (TPSA) is 45.2 Å². The Morgan fingerprint density at radius 3 is 2.72 bits per heavy atom. The summed E-state index contributed by atoms with van der Waals surface area (Å²) in [7, 11) is 0. The molecule has 0 radical (unpaired) electrons. The highest BCUT2D eigenvalue weighted by Gasteiger charge is 2.37. The van der Waals surface area contributed by atoms with Crippen LogP contribution in [0.1, 0.15) is 12.0 Å². The van der Waals surface area contributed by atoms with Gasteiger partial charge in [0, 0.05) is 39.3 Å². The second kappa shape index (κ2) is 8.64. The van der Waals surface area contributed by atoms with E-state index >= 15 is 0 Å². The second-order valence-electron chi connectivity index (χ2n) is 6.84.